The molecule has 1 atom stereocenters. The molecule has 0 saturated carbocycles. The third-order valence-electron chi connectivity index (χ3n) is 4.73. The van der Waals surface area contributed by atoms with E-state index in [0.717, 1.165) is 5.56 Å². The standard InChI is InChI=1S/C22H17Cl2N3O2/c1-13-16(11-25)21(28)27(14(2)15-7-4-3-5-8-15)22(29)17(13)12-26-19-10-6-9-18(23)20(19)24/h3-10,12,14,29H,1-2H3. The fraction of sp³-hybridized carbons (Fsp3) is 0.136. The highest BCUT2D eigenvalue weighted by atomic mass is 35.5. The number of pyridine rings is 1. The van der Waals surface area contributed by atoms with Gasteiger partial charge in [-0.15, -0.1) is 0 Å². The number of aromatic hydroxyl groups is 1. The average Bonchev–Trinajstić information content (AvgIpc) is 2.71. The molecule has 0 aliphatic rings. The summed E-state index contributed by atoms with van der Waals surface area (Å²) in [5, 5.41) is 21.1. The summed E-state index contributed by atoms with van der Waals surface area (Å²) in [5.41, 5.74) is 1.22. The monoisotopic (exact) mass is 425 g/mol. The first-order valence-corrected chi connectivity index (χ1v) is 9.53. The van der Waals surface area contributed by atoms with Gasteiger partial charge in [0.15, 0.2) is 0 Å². The first-order chi connectivity index (χ1) is 13.9. The van der Waals surface area contributed by atoms with Crippen LogP contribution in [0.25, 0.3) is 0 Å². The van der Waals surface area contributed by atoms with Crippen molar-refractivity contribution < 1.29 is 5.11 Å². The van der Waals surface area contributed by atoms with Crippen molar-refractivity contribution in [3.05, 3.63) is 91.2 Å². The minimum Gasteiger partial charge on any atom is -0.494 e. The summed E-state index contributed by atoms with van der Waals surface area (Å²) in [6.45, 7) is 3.37. The molecule has 7 heteroatoms. The Hall–Kier alpha value is -3.07. The van der Waals surface area contributed by atoms with Crippen LogP contribution in [0.3, 0.4) is 0 Å². The van der Waals surface area contributed by atoms with Gasteiger partial charge in [-0.25, -0.2) is 0 Å². The van der Waals surface area contributed by atoms with Gasteiger partial charge in [0, 0.05) is 6.21 Å². The lowest BCUT2D eigenvalue weighted by Crippen LogP contribution is -2.28. The maximum Gasteiger partial charge on any atom is 0.272 e. The normalized spacial score (nSPS) is 12.1. The molecule has 146 valence electrons. The maximum absolute atomic E-state index is 12.9. The Morgan fingerprint density at radius 3 is 2.52 bits per heavy atom. The number of benzene rings is 2. The van der Waals surface area contributed by atoms with Crippen molar-refractivity contribution in [1.29, 1.82) is 5.26 Å². The van der Waals surface area contributed by atoms with Crippen LogP contribution in [0.15, 0.2) is 58.3 Å². The molecule has 0 amide bonds. The molecule has 1 unspecified atom stereocenters. The molecule has 29 heavy (non-hydrogen) atoms. The van der Waals surface area contributed by atoms with E-state index in [1.807, 2.05) is 36.4 Å². The molecule has 0 radical (unpaired) electrons. The summed E-state index contributed by atoms with van der Waals surface area (Å²) in [6.07, 6.45) is 1.39. The summed E-state index contributed by atoms with van der Waals surface area (Å²) in [7, 11) is 0. The van der Waals surface area contributed by atoms with E-state index < -0.39 is 11.6 Å². The lowest BCUT2D eigenvalue weighted by Gasteiger charge is -2.20. The molecule has 1 heterocycles. The number of halogens is 2. The number of hydrogen-bond donors (Lipinski definition) is 1. The summed E-state index contributed by atoms with van der Waals surface area (Å²) < 4.78 is 1.20. The summed E-state index contributed by atoms with van der Waals surface area (Å²) >= 11 is 12.2. The summed E-state index contributed by atoms with van der Waals surface area (Å²) in [5.74, 6) is -0.273. The number of rotatable bonds is 4. The van der Waals surface area contributed by atoms with Gasteiger partial charge in [-0.3, -0.25) is 14.4 Å². The first kappa shape index (κ1) is 20.7. The third-order valence-corrected chi connectivity index (χ3v) is 5.53. The molecule has 0 fully saturated rings. The highest BCUT2D eigenvalue weighted by molar-refractivity contribution is 6.43. The van der Waals surface area contributed by atoms with Gasteiger partial charge < -0.3 is 5.11 Å². The fourth-order valence-corrected chi connectivity index (χ4v) is 3.41. The molecule has 2 aromatic carbocycles. The Balaban J connectivity index is 2.20. The Kier molecular flexibility index (Phi) is 6.07. The number of hydrogen-bond acceptors (Lipinski definition) is 4. The van der Waals surface area contributed by atoms with Crippen LogP contribution >= 0.6 is 23.2 Å². The zero-order chi connectivity index (χ0) is 21.1. The Morgan fingerprint density at radius 2 is 1.86 bits per heavy atom. The Labute approximate surface area is 178 Å². The van der Waals surface area contributed by atoms with Gasteiger partial charge in [-0.2, -0.15) is 5.26 Å². The predicted molar refractivity (Wildman–Crippen MR) is 116 cm³/mol. The number of nitrogens with zero attached hydrogens (tertiary/aromatic N) is 3. The van der Waals surface area contributed by atoms with E-state index >= 15 is 0 Å². The lowest BCUT2D eigenvalue weighted by atomic mass is 10.0. The molecule has 5 nitrogen and oxygen atoms in total. The Morgan fingerprint density at radius 1 is 1.17 bits per heavy atom. The van der Waals surface area contributed by atoms with Crippen LogP contribution in [0, 0.1) is 18.3 Å². The van der Waals surface area contributed by atoms with Crippen LogP contribution in [0.4, 0.5) is 5.69 Å². The average molecular weight is 426 g/mol. The predicted octanol–water partition coefficient (Wildman–Crippen LogP) is 5.40. The molecule has 0 aliphatic carbocycles. The van der Waals surface area contributed by atoms with E-state index in [1.165, 1.54) is 10.8 Å². The van der Waals surface area contributed by atoms with Gasteiger partial charge in [0.2, 0.25) is 5.88 Å². The van der Waals surface area contributed by atoms with E-state index in [0.29, 0.717) is 16.3 Å². The quantitative estimate of drug-likeness (QED) is 0.568. The molecule has 3 rings (SSSR count). The van der Waals surface area contributed by atoms with Crippen molar-refractivity contribution in [1.82, 2.24) is 4.57 Å². The number of aliphatic imine (C=N–C) groups is 1. The summed E-state index contributed by atoms with van der Waals surface area (Å²) in [6, 6.07) is 15.7. The van der Waals surface area contributed by atoms with Gasteiger partial charge in [-0.05, 0) is 37.1 Å². The molecular weight excluding hydrogens is 409 g/mol. The second-order valence-corrected chi connectivity index (χ2v) is 7.23. The van der Waals surface area contributed by atoms with Gasteiger partial charge in [0.05, 0.1) is 27.3 Å². The van der Waals surface area contributed by atoms with Crippen molar-refractivity contribution in [3.8, 4) is 11.9 Å². The molecule has 1 aromatic heterocycles. The second kappa shape index (κ2) is 8.52. The van der Waals surface area contributed by atoms with E-state index in [1.54, 1.807) is 32.0 Å². The highest BCUT2D eigenvalue weighted by Crippen LogP contribution is 2.32. The van der Waals surface area contributed by atoms with Gasteiger partial charge >= 0.3 is 0 Å². The SMILES string of the molecule is Cc1c(C=Nc2cccc(Cl)c2Cl)c(O)n(C(C)c2ccccc2)c(=O)c1C#N. The molecule has 0 saturated heterocycles. The van der Waals surface area contributed by atoms with E-state index in [2.05, 4.69) is 4.99 Å². The lowest BCUT2D eigenvalue weighted by molar-refractivity contribution is 0.393. The third kappa shape index (κ3) is 3.91. The van der Waals surface area contributed by atoms with E-state index in [9.17, 15) is 15.2 Å². The van der Waals surface area contributed by atoms with Crippen molar-refractivity contribution in [2.75, 3.05) is 0 Å². The highest BCUT2D eigenvalue weighted by Gasteiger charge is 2.22. The smallest absolute Gasteiger partial charge is 0.272 e. The first-order valence-electron chi connectivity index (χ1n) is 8.78. The Bertz CT molecular complexity index is 1200. The summed E-state index contributed by atoms with van der Waals surface area (Å²) in [4.78, 5) is 17.2. The fourth-order valence-electron chi connectivity index (χ4n) is 3.06. The van der Waals surface area contributed by atoms with E-state index in [-0.39, 0.29) is 22.0 Å². The largest absolute Gasteiger partial charge is 0.494 e. The number of nitriles is 1. The van der Waals surface area contributed by atoms with Gasteiger partial charge in [-0.1, -0.05) is 59.6 Å². The number of aromatic nitrogens is 1. The van der Waals surface area contributed by atoms with Crippen LogP contribution in [0.1, 0.15) is 35.2 Å². The minimum atomic E-state index is -0.559. The zero-order valence-electron chi connectivity index (χ0n) is 15.7. The van der Waals surface area contributed by atoms with Crippen molar-refractivity contribution >= 4 is 35.1 Å². The minimum absolute atomic E-state index is 0.0516. The maximum atomic E-state index is 12.9. The van der Waals surface area contributed by atoms with Crippen molar-refractivity contribution in [2.24, 2.45) is 4.99 Å². The van der Waals surface area contributed by atoms with Crippen LogP contribution in [0.5, 0.6) is 5.88 Å². The second-order valence-electron chi connectivity index (χ2n) is 6.44. The molecule has 0 aliphatic heterocycles. The van der Waals surface area contributed by atoms with Crippen molar-refractivity contribution in [2.45, 2.75) is 19.9 Å². The topological polar surface area (TPSA) is 78.4 Å². The van der Waals surface area contributed by atoms with Gasteiger partial charge in [0.25, 0.3) is 5.56 Å². The van der Waals surface area contributed by atoms with Crippen molar-refractivity contribution in [3.63, 3.8) is 0 Å². The zero-order valence-corrected chi connectivity index (χ0v) is 17.2. The molecular formula is C22H17Cl2N3O2. The molecule has 0 bridgehead atoms. The van der Waals surface area contributed by atoms with Crippen LogP contribution in [0.2, 0.25) is 10.0 Å². The van der Waals surface area contributed by atoms with E-state index in [4.69, 9.17) is 23.2 Å². The molecule has 0 spiro atoms. The van der Waals surface area contributed by atoms with Crippen LogP contribution in [-0.2, 0) is 0 Å². The van der Waals surface area contributed by atoms with Crippen LogP contribution < -0.4 is 5.56 Å². The molecule has 1 N–H and O–H groups in total. The molecule has 3 aromatic rings. The van der Waals surface area contributed by atoms with Crippen LogP contribution in [-0.4, -0.2) is 15.9 Å². The van der Waals surface area contributed by atoms with Gasteiger partial charge in [0.1, 0.15) is 11.6 Å².